The Kier molecular flexibility index (Phi) is 4.47. The Morgan fingerprint density at radius 3 is 2.24 bits per heavy atom. The highest BCUT2D eigenvalue weighted by atomic mass is 16.5. The minimum atomic E-state index is -0.182. The lowest BCUT2D eigenvalue weighted by Crippen LogP contribution is -2.48. The van der Waals surface area contributed by atoms with Crippen molar-refractivity contribution in [2.75, 3.05) is 6.61 Å². The van der Waals surface area contributed by atoms with Gasteiger partial charge in [-0.05, 0) is 74.2 Å². The quantitative estimate of drug-likeness (QED) is 0.506. The minimum Gasteiger partial charge on any atom is -0.462 e. The first-order valence-electron chi connectivity index (χ1n) is 9.93. The average Bonchev–Trinajstić information content (AvgIpc) is 2.59. The highest BCUT2D eigenvalue weighted by Crippen LogP contribution is 2.60. The molecule has 2 nitrogen and oxygen atoms in total. The first-order valence-corrected chi connectivity index (χ1v) is 9.93. The van der Waals surface area contributed by atoms with Crippen molar-refractivity contribution in [3.63, 3.8) is 0 Å². The Morgan fingerprint density at radius 1 is 1.12 bits per heavy atom. The van der Waals surface area contributed by atoms with Gasteiger partial charge < -0.3 is 4.74 Å². The number of benzene rings is 1. The smallest absolute Gasteiger partial charge is 0.333 e. The maximum atomic E-state index is 12.5. The summed E-state index contributed by atoms with van der Waals surface area (Å²) in [6.07, 6.45) is 8.78. The van der Waals surface area contributed by atoms with E-state index in [1.807, 2.05) is 18.2 Å². The van der Waals surface area contributed by atoms with E-state index >= 15 is 0 Å². The number of rotatable bonds is 6. The zero-order chi connectivity index (χ0) is 17.4. The number of ether oxygens (including phenoxy) is 1. The number of hydrogen-bond acceptors (Lipinski definition) is 2. The van der Waals surface area contributed by atoms with E-state index in [9.17, 15) is 4.79 Å². The van der Waals surface area contributed by atoms with Crippen molar-refractivity contribution in [1.29, 1.82) is 0 Å². The summed E-state index contributed by atoms with van der Waals surface area (Å²) in [6, 6.07) is 10.3. The summed E-state index contributed by atoms with van der Waals surface area (Å²) < 4.78 is 5.79. The lowest BCUT2D eigenvalue weighted by Gasteiger charge is -2.56. The summed E-state index contributed by atoms with van der Waals surface area (Å²) in [4.78, 5) is 12.5. The van der Waals surface area contributed by atoms with Gasteiger partial charge in [0.25, 0.3) is 0 Å². The number of carbonyl (C=O) groups excluding carboxylic acids is 1. The zero-order valence-electron chi connectivity index (χ0n) is 15.4. The highest BCUT2D eigenvalue weighted by molar-refractivity contribution is 5.87. The van der Waals surface area contributed by atoms with E-state index in [0.717, 1.165) is 17.8 Å². The van der Waals surface area contributed by atoms with Crippen molar-refractivity contribution in [1.82, 2.24) is 0 Å². The molecule has 0 amide bonds. The van der Waals surface area contributed by atoms with Crippen molar-refractivity contribution >= 4 is 5.97 Å². The molecule has 0 aliphatic heterocycles. The van der Waals surface area contributed by atoms with Gasteiger partial charge in [0.1, 0.15) is 0 Å². The molecule has 5 rings (SSSR count). The predicted octanol–water partition coefficient (Wildman–Crippen LogP) is 5.50. The minimum absolute atomic E-state index is 0.182. The second-order valence-corrected chi connectivity index (χ2v) is 9.11. The normalized spacial score (nSPS) is 33.9. The van der Waals surface area contributed by atoms with E-state index in [4.69, 9.17) is 4.74 Å². The molecule has 4 aliphatic carbocycles. The molecule has 1 unspecified atom stereocenters. The highest BCUT2D eigenvalue weighted by Gasteiger charge is 2.51. The molecule has 134 valence electrons. The second kappa shape index (κ2) is 6.63. The van der Waals surface area contributed by atoms with Crippen molar-refractivity contribution < 1.29 is 9.53 Å². The molecule has 0 aromatic heterocycles. The van der Waals surface area contributed by atoms with Gasteiger partial charge in [-0.2, -0.15) is 0 Å². The lowest BCUT2D eigenvalue weighted by molar-refractivity contribution is -0.151. The number of esters is 1. The third-order valence-corrected chi connectivity index (χ3v) is 6.88. The fraction of sp³-hybridized carbons (Fsp3) is 0.609. The van der Waals surface area contributed by atoms with Crippen LogP contribution in [0.3, 0.4) is 0 Å². The van der Waals surface area contributed by atoms with Gasteiger partial charge in [-0.25, -0.2) is 4.79 Å². The summed E-state index contributed by atoms with van der Waals surface area (Å²) in [7, 11) is 0. The van der Waals surface area contributed by atoms with Crippen molar-refractivity contribution in [2.24, 2.45) is 23.2 Å². The molecular weight excluding hydrogens is 308 g/mol. The van der Waals surface area contributed by atoms with Gasteiger partial charge in [0.15, 0.2) is 0 Å². The van der Waals surface area contributed by atoms with Crippen LogP contribution in [0.5, 0.6) is 0 Å². The lowest BCUT2D eigenvalue weighted by atomic mass is 9.50. The predicted molar refractivity (Wildman–Crippen MR) is 100 cm³/mol. The standard InChI is InChI=1S/C23H30O2/c1-16(21-6-4-3-5-7-21)8-17(2)22(24)25-15-23-12-18-9-19(13-23)11-20(10-18)14-23/h3-7,16,18-20H,2,8-15H2,1H3. The van der Waals surface area contributed by atoms with E-state index in [-0.39, 0.29) is 11.4 Å². The van der Waals surface area contributed by atoms with Gasteiger partial charge >= 0.3 is 5.97 Å². The topological polar surface area (TPSA) is 26.3 Å². The van der Waals surface area contributed by atoms with Gasteiger partial charge in [0.2, 0.25) is 0 Å². The van der Waals surface area contributed by atoms with E-state index in [1.165, 1.54) is 44.1 Å². The third kappa shape index (κ3) is 3.54. The van der Waals surface area contributed by atoms with Gasteiger partial charge in [0, 0.05) is 11.0 Å². The molecule has 4 aliphatic rings. The van der Waals surface area contributed by atoms with Gasteiger partial charge in [-0.1, -0.05) is 43.8 Å². The average molecular weight is 338 g/mol. The number of hydrogen-bond donors (Lipinski definition) is 0. The molecule has 0 N–H and O–H groups in total. The molecule has 4 bridgehead atoms. The Bertz CT molecular complexity index is 610. The Labute approximate surface area is 151 Å². The van der Waals surface area contributed by atoms with Crippen LogP contribution in [-0.2, 0) is 9.53 Å². The Hall–Kier alpha value is -1.57. The molecule has 0 radical (unpaired) electrons. The van der Waals surface area contributed by atoms with Crippen LogP contribution in [0, 0.1) is 23.2 Å². The third-order valence-electron chi connectivity index (χ3n) is 6.88. The SMILES string of the molecule is C=C(CC(C)c1ccccc1)C(=O)OCC12CC3CC(CC(C3)C1)C2. The fourth-order valence-electron chi connectivity index (χ4n) is 6.14. The van der Waals surface area contributed by atoms with Crippen molar-refractivity contribution in [3.05, 3.63) is 48.0 Å². The maximum absolute atomic E-state index is 12.5. The molecule has 1 atom stereocenters. The first kappa shape index (κ1) is 16.9. The number of carbonyl (C=O) groups is 1. The van der Waals surface area contributed by atoms with E-state index in [1.54, 1.807) is 0 Å². The molecular formula is C23H30O2. The molecule has 0 heterocycles. The van der Waals surface area contributed by atoms with Crippen LogP contribution in [0.4, 0.5) is 0 Å². The summed E-state index contributed by atoms with van der Waals surface area (Å²) >= 11 is 0. The van der Waals surface area contributed by atoms with Crippen molar-refractivity contribution in [3.8, 4) is 0 Å². The largest absolute Gasteiger partial charge is 0.462 e. The van der Waals surface area contributed by atoms with Crippen LogP contribution in [0.15, 0.2) is 42.5 Å². The maximum Gasteiger partial charge on any atom is 0.333 e. The van der Waals surface area contributed by atoms with Crippen LogP contribution in [-0.4, -0.2) is 12.6 Å². The van der Waals surface area contributed by atoms with Crippen LogP contribution >= 0.6 is 0 Å². The summed E-state index contributed by atoms with van der Waals surface area (Å²) in [5.41, 5.74) is 2.15. The molecule has 2 heteroatoms. The van der Waals surface area contributed by atoms with Crippen LogP contribution < -0.4 is 0 Å². The summed E-state index contributed by atoms with van der Waals surface area (Å²) in [6.45, 7) is 6.78. The van der Waals surface area contributed by atoms with Crippen LogP contribution in [0.2, 0.25) is 0 Å². The monoisotopic (exact) mass is 338 g/mol. The summed E-state index contributed by atoms with van der Waals surface area (Å²) in [5, 5.41) is 0. The van der Waals surface area contributed by atoms with E-state index in [2.05, 4.69) is 25.6 Å². The Morgan fingerprint density at radius 2 is 1.68 bits per heavy atom. The molecule has 0 saturated heterocycles. The summed E-state index contributed by atoms with van der Waals surface area (Å²) in [5.74, 6) is 2.79. The van der Waals surface area contributed by atoms with Crippen molar-refractivity contribution in [2.45, 2.75) is 57.8 Å². The molecule has 25 heavy (non-hydrogen) atoms. The van der Waals surface area contributed by atoms with Crippen LogP contribution in [0.25, 0.3) is 0 Å². The molecule has 4 saturated carbocycles. The van der Waals surface area contributed by atoms with Gasteiger partial charge in [0.05, 0.1) is 6.61 Å². The first-order chi connectivity index (χ1) is 12.0. The van der Waals surface area contributed by atoms with E-state index < -0.39 is 0 Å². The Balaban J connectivity index is 1.31. The molecule has 1 aromatic carbocycles. The van der Waals surface area contributed by atoms with Gasteiger partial charge in [-0.15, -0.1) is 0 Å². The van der Waals surface area contributed by atoms with Gasteiger partial charge in [-0.3, -0.25) is 0 Å². The fourth-order valence-corrected chi connectivity index (χ4v) is 6.14. The molecule has 1 aromatic rings. The second-order valence-electron chi connectivity index (χ2n) is 9.11. The van der Waals surface area contributed by atoms with Crippen LogP contribution in [0.1, 0.15) is 63.4 Å². The zero-order valence-corrected chi connectivity index (χ0v) is 15.4. The van der Waals surface area contributed by atoms with E-state index in [0.29, 0.717) is 24.5 Å². The molecule has 4 fully saturated rings. The molecule has 0 spiro atoms.